The topological polar surface area (TPSA) is 72.8 Å². The number of hydrogen-bond donors (Lipinski definition) is 1. The second kappa shape index (κ2) is 69.2. The lowest BCUT2D eigenvalue weighted by molar-refractivity contribution is -0.161. The predicted molar refractivity (Wildman–Crippen MR) is 339 cm³/mol. The molecule has 460 valence electrons. The summed E-state index contributed by atoms with van der Waals surface area (Å²) in [5, 5.41) is 9.70. The molecule has 0 aromatic carbocycles. The fourth-order valence-corrected chi connectivity index (χ4v) is 11.7. The highest BCUT2D eigenvalue weighted by molar-refractivity contribution is 5.70. The molecule has 1 unspecified atom stereocenters. The van der Waals surface area contributed by atoms with Gasteiger partial charge in [-0.2, -0.15) is 0 Å². The average Bonchev–Trinajstić information content (AvgIpc) is 3.43. The minimum atomic E-state index is -0.765. The maximum absolute atomic E-state index is 12.4. The van der Waals surface area contributed by atoms with Gasteiger partial charge >= 0.3 is 11.9 Å². The minimum absolute atomic E-state index is 0.0553. The molecule has 0 heterocycles. The molecule has 0 spiro atoms. The lowest BCUT2D eigenvalue weighted by Gasteiger charge is -2.15. The van der Waals surface area contributed by atoms with Gasteiger partial charge in [-0.15, -0.1) is 0 Å². The molecule has 0 radical (unpaired) electrons. The highest BCUT2D eigenvalue weighted by Crippen LogP contribution is 2.20. The monoisotopic (exact) mass is 1090 g/mol. The number of carbonyl (C=O) groups excluding carboxylic acids is 2. The highest BCUT2D eigenvalue weighted by Gasteiger charge is 2.16. The zero-order valence-electron chi connectivity index (χ0n) is 53.0. The Morgan fingerprint density at radius 1 is 0.247 bits per heavy atom. The molecule has 0 amide bonds. The molecule has 0 aromatic rings. The van der Waals surface area contributed by atoms with E-state index in [1.54, 1.807) is 0 Å². The molecule has 77 heavy (non-hydrogen) atoms. The zero-order chi connectivity index (χ0) is 55.5. The van der Waals surface area contributed by atoms with E-state index in [4.69, 9.17) is 9.47 Å². The van der Waals surface area contributed by atoms with E-state index in [0.29, 0.717) is 12.8 Å². The lowest BCUT2D eigenvalue weighted by Crippen LogP contribution is -2.28. The Morgan fingerprint density at radius 2 is 0.403 bits per heavy atom. The number of ether oxygens (including phenoxy) is 2. The van der Waals surface area contributed by atoms with E-state index < -0.39 is 6.10 Å². The molecule has 1 N–H and O–H groups in total. The van der Waals surface area contributed by atoms with Gasteiger partial charge in [0, 0.05) is 12.8 Å². The van der Waals surface area contributed by atoms with Crippen molar-refractivity contribution in [3.63, 3.8) is 0 Å². The van der Waals surface area contributed by atoms with Crippen molar-refractivity contribution in [2.45, 2.75) is 437 Å². The van der Waals surface area contributed by atoms with E-state index in [1.807, 2.05) is 0 Å². The van der Waals surface area contributed by atoms with Crippen molar-refractivity contribution in [2.75, 3.05) is 13.2 Å². The Hall–Kier alpha value is -1.10. The number of esters is 2. The van der Waals surface area contributed by atoms with Crippen LogP contribution in [-0.2, 0) is 19.1 Å². The summed E-state index contributed by atoms with van der Waals surface area (Å²) in [7, 11) is 0. The molecule has 5 heteroatoms. The Labute approximate surface area is 484 Å². The first-order chi connectivity index (χ1) is 38.1. The smallest absolute Gasteiger partial charge is 0.306 e. The average molecular weight is 1090 g/mol. The van der Waals surface area contributed by atoms with Crippen LogP contribution in [0, 0.1) is 0 Å². The van der Waals surface area contributed by atoms with Gasteiger partial charge < -0.3 is 14.6 Å². The van der Waals surface area contributed by atoms with E-state index in [1.165, 1.54) is 372 Å². The Bertz CT molecular complexity index is 1090. The van der Waals surface area contributed by atoms with E-state index in [0.717, 1.165) is 32.1 Å². The standard InChI is InChI=1S/C72H142O5/c1-3-5-7-9-11-13-15-17-19-21-23-25-27-29-30-31-32-33-34-35-36-37-38-39-40-41-42-43-45-47-49-51-53-55-57-59-61-63-65-67-72(75)77-70(68-73)69-76-71(74)66-64-62-60-58-56-54-52-50-48-46-44-28-26-24-22-20-18-16-14-12-10-8-6-4-2/h70,73H,3-69H2,1-2H3. The first-order valence-corrected chi connectivity index (χ1v) is 36.1. The molecule has 0 aliphatic heterocycles. The van der Waals surface area contributed by atoms with E-state index in [9.17, 15) is 14.7 Å². The molecule has 0 aliphatic carbocycles. The largest absolute Gasteiger partial charge is 0.462 e. The van der Waals surface area contributed by atoms with Gasteiger partial charge in [0.15, 0.2) is 6.10 Å². The molecule has 0 aliphatic rings. The molecular formula is C72H142O5. The number of rotatable bonds is 69. The summed E-state index contributed by atoms with van der Waals surface area (Å²) < 4.78 is 10.8. The van der Waals surface area contributed by atoms with Gasteiger partial charge in [0.25, 0.3) is 0 Å². The number of aliphatic hydroxyl groups excluding tert-OH is 1. The fraction of sp³-hybridized carbons (Fsp3) is 0.972. The lowest BCUT2D eigenvalue weighted by atomic mass is 10.0. The quantitative estimate of drug-likeness (QED) is 0.0485. The first-order valence-electron chi connectivity index (χ1n) is 36.1. The second-order valence-electron chi connectivity index (χ2n) is 25.0. The Balaban J connectivity index is 3.33. The molecule has 5 nitrogen and oxygen atoms in total. The SMILES string of the molecule is CCCCCCCCCCCCCCCCCCCCCCCCCCCCCCCCCCCCCCCCCC(=O)OC(CO)COC(=O)CCCCCCCCCCCCCCCCCCCCCCCCCC. The number of unbranched alkanes of at least 4 members (excludes halogenated alkanes) is 61. The molecule has 0 saturated heterocycles. The van der Waals surface area contributed by atoms with Crippen molar-refractivity contribution in [3.05, 3.63) is 0 Å². The van der Waals surface area contributed by atoms with Gasteiger partial charge in [-0.25, -0.2) is 0 Å². The van der Waals surface area contributed by atoms with Gasteiger partial charge in [-0.1, -0.05) is 406 Å². The third kappa shape index (κ3) is 67.3. The van der Waals surface area contributed by atoms with Crippen LogP contribution in [0.3, 0.4) is 0 Å². The third-order valence-corrected chi connectivity index (χ3v) is 17.2. The number of hydrogen-bond acceptors (Lipinski definition) is 5. The normalized spacial score (nSPS) is 12.0. The summed E-state index contributed by atoms with van der Waals surface area (Å²) in [6.45, 7) is 4.23. The predicted octanol–water partition coefficient (Wildman–Crippen LogP) is 24.8. The molecular weight excluding hydrogens is 945 g/mol. The molecule has 0 bridgehead atoms. The van der Waals surface area contributed by atoms with Crippen molar-refractivity contribution in [2.24, 2.45) is 0 Å². The van der Waals surface area contributed by atoms with Gasteiger partial charge in [-0.3, -0.25) is 9.59 Å². The van der Waals surface area contributed by atoms with Crippen LogP contribution in [0.25, 0.3) is 0 Å². The van der Waals surface area contributed by atoms with Crippen LogP contribution in [0.2, 0.25) is 0 Å². The summed E-state index contributed by atoms with van der Waals surface area (Å²) in [6, 6.07) is 0. The van der Waals surface area contributed by atoms with Crippen LogP contribution in [0.5, 0.6) is 0 Å². The highest BCUT2D eigenvalue weighted by atomic mass is 16.6. The number of aliphatic hydroxyl groups is 1. The van der Waals surface area contributed by atoms with Crippen LogP contribution in [0.4, 0.5) is 0 Å². The Kier molecular flexibility index (Phi) is 68.2. The minimum Gasteiger partial charge on any atom is -0.462 e. The fourth-order valence-electron chi connectivity index (χ4n) is 11.7. The first kappa shape index (κ1) is 75.9. The summed E-state index contributed by atoms with van der Waals surface area (Å²) in [5.41, 5.74) is 0. The summed E-state index contributed by atoms with van der Waals surface area (Å²) in [6.07, 6.45) is 87.4. The summed E-state index contributed by atoms with van der Waals surface area (Å²) >= 11 is 0. The van der Waals surface area contributed by atoms with Gasteiger partial charge in [0.2, 0.25) is 0 Å². The maximum atomic E-state index is 12.4. The second-order valence-corrected chi connectivity index (χ2v) is 25.0. The molecule has 1 atom stereocenters. The van der Waals surface area contributed by atoms with E-state index >= 15 is 0 Å². The Morgan fingerprint density at radius 3 is 0.571 bits per heavy atom. The summed E-state index contributed by atoms with van der Waals surface area (Å²) in [4.78, 5) is 24.6. The summed E-state index contributed by atoms with van der Waals surface area (Å²) in [5.74, 6) is -0.558. The van der Waals surface area contributed by atoms with Crippen LogP contribution < -0.4 is 0 Å². The number of carbonyl (C=O) groups is 2. The van der Waals surface area contributed by atoms with Gasteiger partial charge in [0.05, 0.1) is 6.61 Å². The van der Waals surface area contributed by atoms with Gasteiger partial charge in [0.1, 0.15) is 6.61 Å². The van der Waals surface area contributed by atoms with Gasteiger partial charge in [-0.05, 0) is 12.8 Å². The molecule has 0 saturated carbocycles. The van der Waals surface area contributed by atoms with Crippen molar-refractivity contribution in [1.29, 1.82) is 0 Å². The van der Waals surface area contributed by atoms with E-state index in [2.05, 4.69) is 13.8 Å². The molecule has 0 aromatic heterocycles. The third-order valence-electron chi connectivity index (χ3n) is 17.2. The van der Waals surface area contributed by atoms with Crippen LogP contribution in [0.1, 0.15) is 431 Å². The van der Waals surface area contributed by atoms with Crippen molar-refractivity contribution in [3.8, 4) is 0 Å². The van der Waals surface area contributed by atoms with Crippen molar-refractivity contribution >= 4 is 11.9 Å². The van der Waals surface area contributed by atoms with Crippen LogP contribution in [0.15, 0.2) is 0 Å². The van der Waals surface area contributed by atoms with Crippen molar-refractivity contribution in [1.82, 2.24) is 0 Å². The molecule has 0 fully saturated rings. The molecule has 0 rings (SSSR count). The maximum Gasteiger partial charge on any atom is 0.306 e. The van der Waals surface area contributed by atoms with E-state index in [-0.39, 0.29) is 25.2 Å². The van der Waals surface area contributed by atoms with Crippen molar-refractivity contribution < 1.29 is 24.2 Å². The van der Waals surface area contributed by atoms with Crippen LogP contribution in [-0.4, -0.2) is 36.4 Å². The zero-order valence-corrected chi connectivity index (χ0v) is 53.0. The van der Waals surface area contributed by atoms with Crippen LogP contribution >= 0.6 is 0 Å².